The van der Waals surface area contributed by atoms with Gasteiger partial charge in [0.15, 0.2) is 0 Å². The molecule has 0 fully saturated rings. The summed E-state index contributed by atoms with van der Waals surface area (Å²) in [5.41, 5.74) is 4.09. The monoisotopic (exact) mass is 268 g/mol. The predicted octanol–water partition coefficient (Wildman–Crippen LogP) is 5.13. The molecule has 0 aromatic heterocycles. The van der Waals surface area contributed by atoms with Crippen LogP contribution in [0.25, 0.3) is 0 Å². The fourth-order valence-electron chi connectivity index (χ4n) is 2.26. The van der Waals surface area contributed by atoms with Gasteiger partial charge in [0, 0.05) is 0 Å². The molecule has 106 valence electrons. The van der Waals surface area contributed by atoms with Crippen LogP contribution in [0.4, 0.5) is 0 Å². The van der Waals surface area contributed by atoms with Crippen molar-refractivity contribution in [2.24, 2.45) is 0 Å². The summed E-state index contributed by atoms with van der Waals surface area (Å²) in [6, 6.07) is 16.9. The summed E-state index contributed by atoms with van der Waals surface area (Å²) < 4.78 is 5.97. The fourth-order valence-corrected chi connectivity index (χ4v) is 2.26. The third-order valence-corrected chi connectivity index (χ3v) is 3.59. The van der Waals surface area contributed by atoms with E-state index < -0.39 is 0 Å². The van der Waals surface area contributed by atoms with Gasteiger partial charge in [-0.05, 0) is 40.7 Å². The largest absolute Gasteiger partial charge is 0.489 e. The number of hydrogen-bond donors (Lipinski definition) is 0. The molecular formula is C19H24O. The average molecular weight is 268 g/mol. The van der Waals surface area contributed by atoms with Gasteiger partial charge in [0.2, 0.25) is 0 Å². The van der Waals surface area contributed by atoms with E-state index in [0.29, 0.717) is 6.61 Å². The van der Waals surface area contributed by atoms with Crippen molar-refractivity contribution in [3.05, 3.63) is 65.2 Å². The highest BCUT2D eigenvalue weighted by Crippen LogP contribution is 2.26. The summed E-state index contributed by atoms with van der Waals surface area (Å²) >= 11 is 0. The van der Waals surface area contributed by atoms with Crippen LogP contribution < -0.4 is 4.74 Å². The molecule has 20 heavy (non-hydrogen) atoms. The summed E-state index contributed by atoms with van der Waals surface area (Å²) in [4.78, 5) is 0. The SMILES string of the molecule is CCc1ccccc1COc1cccc(C(C)(C)C)c1. The molecule has 0 bridgehead atoms. The first-order valence-electron chi connectivity index (χ1n) is 7.31. The van der Waals surface area contributed by atoms with Crippen molar-refractivity contribution in [2.45, 2.75) is 46.1 Å². The predicted molar refractivity (Wildman–Crippen MR) is 85.3 cm³/mol. The quantitative estimate of drug-likeness (QED) is 0.747. The summed E-state index contributed by atoms with van der Waals surface area (Å²) in [5.74, 6) is 0.948. The first kappa shape index (κ1) is 14.6. The summed E-state index contributed by atoms with van der Waals surface area (Å²) in [7, 11) is 0. The van der Waals surface area contributed by atoms with E-state index in [-0.39, 0.29) is 5.41 Å². The lowest BCUT2D eigenvalue weighted by Crippen LogP contribution is -2.11. The van der Waals surface area contributed by atoms with Crippen molar-refractivity contribution in [3.63, 3.8) is 0 Å². The van der Waals surface area contributed by atoms with Gasteiger partial charge in [0.1, 0.15) is 12.4 Å². The van der Waals surface area contributed by atoms with Crippen LogP contribution in [0, 0.1) is 0 Å². The Morgan fingerprint density at radius 2 is 1.60 bits per heavy atom. The molecule has 0 saturated heterocycles. The van der Waals surface area contributed by atoms with E-state index in [1.165, 1.54) is 16.7 Å². The second-order valence-electron chi connectivity index (χ2n) is 6.19. The second-order valence-corrected chi connectivity index (χ2v) is 6.19. The van der Waals surface area contributed by atoms with E-state index in [1.54, 1.807) is 0 Å². The minimum absolute atomic E-state index is 0.153. The van der Waals surface area contributed by atoms with Gasteiger partial charge in [-0.3, -0.25) is 0 Å². The number of benzene rings is 2. The molecule has 0 amide bonds. The van der Waals surface area contributed by atoms with Gasteiger partial charge in [-0.15, -0.1) is 0 Å². The minimum atomic E-state index is 0.153. The van der Waals surface area contributed by atoms with E-state index in [9.17, 15) is 0 Å². The van der Waals surface area contributed by atoms with Crippen molar-refractivity contribution in [1.82, 2.24) is 0 Å². The lowest BCUT2D eigenvalue weighted by Gasteiger charge is -2.20. The molecule has 0 spiro atoms. The van der Waals surface area contributed by atoms with Crippen LogP contribution in [0.2, 0.25) is 0 Å². The van der Waals surface area contributed by atoms with Crippen LogP contribution in [0.1, 0.15) is 44.4 Å². The van der Waals surface area contributed by atoms with E-state index in [0.717, 1.165) is 12.2 Å². The molecule has 0 N–H and O–H groups in total. The highest BCUT2D eigenvalue weighted by atomic mass is 16.5. The number of aryl methyl sites for hydroxylation is 1. The molecule has 2 aromatic rings. The van der Waals surface area contributed by atoms with Gasteiger partial charge in [-0.1, -0.05) is 64.1 Å². The van der Waals surface area contributed by atoms with Crippen LogP contribution in [0.3, 0.4) is 0 Å². The first-order valence-corrected chi connectivity index (χ1v) is 7.31. The topological polar surface area (TPSA) is 9.23 Å². The summed E-state index contributed by atoms with van der Waals surface area (Å²) in [6.07, 6.45) is 1.04. The molecule has 0 atom stereocenters. The lowest BCUT2D eigenvalue weighted by molar-refractivity contribution is 0.304. The Bertz CT molecular complexity index is 564. The third-order valence-electron chi connectivity index (χ3n) is 3.59. The van der Waals surface area contributed by atoms with Gasteiger partial charge in [0.25, 0.3) is 0 Å². The van der Waals surface area contributed by atoms with E-state index in [2.05, 4.69) is 70.2 Å². The van der Waals surface area contributed by atoms with Gasteiger partial charge in [-0.25, -0.2) is 0 Å². The Labute approximate surface area is 122 Å². The smallest absolute Gasteiger partial charge is 0.120 e. The van der Waals surface area contributed by atoms with Crippen LogP contribution in [-0.2, 0) is 18.4 Å². The molecule has 1 nitrogen and oxygen atoms in total. The van der Waals surface area contributed by atoms with Gasteiger partial charge in [-0.2, -0.15) is 0 Å². The van der Waals surface area contributed by atoms with Crippen molar-refractivity contribution in [3.8, 4) is 5.75 Å². The zero-order chi connectivity index (χ0) is 14.6. The van der Waals surface area contributed by atoms with E-state index >= 15 is 0 Å². The van der Waals surface area contributed by atoms with Gasteiger partial charge in [0.05, 0.1) is 0 Å². The number of hydrogen-bond acceptors (Lipinski definition) is 1. The molecule has 0 aliphatic carbocycles. The molecule has 0 radical (unpaired) electrons. The maximum absolute atomic E-state index is 5.97. The molecule has 0 aliphatic rings. The summed E-state index contributed by atoms with van der Waals surface area (Å²) in [6.45, 7) is 9.48. The molecule has 0 unspecified atom stereocenters. The van der Waals surface area contributed by atoms with Gasteiger partial charge < -0.3 is 4.74 Å². The van der Waals surface area contributed by atoms with Crippen molar-refractivity contribution < 1.29 is 4.74 Å². The van der Waals surface area contributed by atoms with E-state index in [4.69, 9.17) is 4.74 Å². The van der Waals surface area contributed by atoms with E-state index in [1.807, 2.05) is 6.07 Å². The van der Waals surface area contributed by atoms with Crippen LogP contribution in [0.5, 0.6) is 5.75 Å². The van der Waals surface area contributed by atoms with Crippen molar-refractivity contribution in [1.29, 1.82) is 0 Å². The maximum Gasteiger partial charge on any atom is 0.120 e. The molecule has 1 heteroatoms. The highest BCUT2D eigenvalue weighted by molar-refractivity contribution is 5.33. The average Bonchev–Trinajstić information content (AvgIpc) is 2.45. The Morgan fingerprint density at radius 1 is 0.900 bits per heavy atom. The molecular weight excluding hydrogens is 244 g/mol. The normalized spacial score (nSPS) is 11.4. The Morgan fingerprint density at radius 3 is 2.25 bits per heavy atom. The second kappa shape index (κ2) is 6.13. The summed E-state index contributed by atoms with van der Waals surface area (Å²) in [5, 5.41) is 0. The Balaban J connectivity index is 2.11. The number of rotatable bonds is 4. The molecule has 2 aromatic carbocycles. The zero-order valence-electron chi connectivity index (χ0n) is 12.9. The minimum Gasteiger partial charge on any atom is -0.489 e. The number of ether oxygens (including phenoxy) is 1. The molecule has 0 heterocycles. The first-order chi connectivity index (χ1) is 9.50. The molecule has 2 rings (SSSR count). The van der Waals surface area contributed by atoms with Gasteiger partial charge >= 0.3 is 0 Å². The highest BCUT2D eigenvalue weighted by Gasteiger charge is 2.13. The fraction of sp³-hybridized carbons (Fsp3) is 0.368. The standard InChI is InChI=1S/C19H24O/c1-5-15-9-6-7-10-16(15)14-20-18-12-8-11-17(13-18)19(2,3)4/h6-13H,5,14H2,1-4H3. The lowest BCUT2D eigenvalue weighted by atomic mass is 9.87. The third kappa shape index (κ3) is 3.63. The van der Waals surface area contributed by atoms with Crippen molar-refractivity contribution >= 4 is 0 Å². The molecule has 0 aliphatic heterocycles. The maximum atomic E-state index is 5.97. The van der Waals surface area contributed by atoms with Crippen molar-refractivity contribution in [2.75, 3.05) is 0 Å². The van der Waals surface area contributed by atoms with Crippen LogP contribution >= 0.6 is 0 Å². The van der Waals surface area contributed by atoms with Crippen LogP contribution in [-0.4, -0.2) is 0 Å². The Hall–Kier alpha value is -1.76. The zero-order valence-corrected chi connectivity index (χ0v) is 12.9. The molecule has 0 saturated carbocycles. The Kier molecular flexibility index (Phi) is 4.49. The van der Waals surface area contributed by atoms with Crippen LogP contribution in [0.15, 0.2) is 48.5 Å².